The second-order valence-corrected chi connectivity index (χ2v) is 7.82. The average molecular weight is 402 g/mol. The summed E-state index contributed by atoms with van der Waals surface area (Å²) < 4.78 is 9.94. The Bertz CT molecular complexity index is 717. The van der Waals surface area contributed by atoms with Gasteiger partial charge in [0.25, 0.3) is 0 Å². The minimum atomic E-state index is -0.180. The number of carbonyl (C=O) groups is 3. The Morgan fingerprint density at radius 2 is 1.48 bits per heavy atom. The molecule has 2 aliphatic heterocycles. The third-order valence-electron chi connectivity index (χ3n) is 6.07. The van der Waals surface area contributed by atoms with Gasteiger partial charge in [-0.1, -0.05) is 0 Å². The standard InChI is InChI=1S/C22H30N2O5/c1-28-19-5-3-16(4-6-19)21(26)17-7-11-23(12-8-17)15-20(25)24-13-9-18(10-14-24)22(27)29-2/h3-6,17-18H,7-15H2,1-2H3. The molecule has 29 heavy (non-hydrogen) atoms. The molecule has 3 rings (SSSR count). The molecule has 7 heteroatoms. The number of ketones is 1. The van der Waals surface area contributed by atoms with Crippen molar-refractivity contribution >= 4 is 17.7 Å². The number of methoxy groups -OCH3 is 2. The molecule has 1 aromatic carbocycles. The van der Waals surface area contributed by atoms with Crippen molar-refractivity contribution < 1.29 is 23.9 Å². The van der Waals surface area contributed by atoms with E-state index in [0.29, 0.717) is 38.0 Å². The molecule has 2 heterocycles. The van der Waals surface area contributed by atoms with Crippen LogP contribution in [0.1, 0.15) is 36.0 Å². The third kappa shape index (κ3) is 5.35. The van der Waals surface area contributed by atoms with Gasteiger partial charge in [-0.3, -0.25) is 19.3 Å². The van der Waals surface area contributed by atoms with Crippen LogP contribution < -0.4 is 4.74 Å². The fraction of sp³-hybridized carbons (Fsp3) is 0.591. The summed E-state index contributed by atoms with van der Waals surface area (Å²) >= 11 is 0. The maximum Gasteiger partial charge on any atom is 0.308 e. The van der Waals surface area contributed by atoms with Crippen molar-refractivity contribution in [2.24, 2.45) is 11.8 Å². The molecule has 0 radical (unpaired) electrons. The molecule has 2 saturated heterocycles. The highest BCUT2D eigenvalue weighted by molar-refractivity contribution is 5.98. The second-order valence-electron chi connectivity index (χ2n) is 7.82. The van der Waals surface area contributed by atoms with Crippen LogP contribution in [0, 0.1) is 11.8 Å². The van der Waals surface area contributed by atoms with Crippen LogP contribution >= 0.6 is 0 Å². The number of benzene rings is 1. The van der Waals surface area contributed by atoms with Crippen molar-refractivity contribution in [1.29, 1.82) is 0 Å². The van der Waals surface area contributed by atoms with E-state index in [1.54, 1.807) is 7.11 Å². The van der Waals surface area contributed by atoms with E-state index in [-0.39, 0.29) is 29.5 Å². The number of carbonyl (C=O) groups excluding carboxylic acids is 3. The Balaban J connectivity index is 1.43. The molecule has 2 aliphatic rings. The van der Waals surface area contributed by atoms with Gasteiger partial charge in [0.05, 0.1) is 26.7 Å². The molecular formula is C22H30N2O5. The number of Topliss-reactive ketones (excluding diaryl/α,β-unsaturated/α-hetero) is 1. The maximum atomic E-state index is 12.7. The SMILES string of the molecule is COC(=O)C1CCN(C(=O)CN2CCC(C(=O)c3ccc(OC)cc3)CC2)CC1. The highest BCUT2D eigenvalue weighted by Crippen LogP contribution is 2.24. The van der Waals surface area contributed by atoms with E-state index in [1.807, 2.05) is 29.2 Å². The van der Waals surface area contributed by atoms with Crippen LogP contribution in [0.25, 0.3) is 0 Å². The van der Waals surface area contributed by atoms with Gasteiger partial charge in [-0.25, -0.2) is 0 Å². The quantitative estimate of drug-likeness (QED) is 0.535. The Morgan fingerprint density at radius 1 is 0.897 bits per heavy atom. The lowest BCUT2D eigenvalue weighted by atomic mass is 9.89. The van der Waals surface area contributed by atoms with Crippen LogP contribution in [-0.2, 0) is 14.3 Å². The average Bonchev–Trinajstić information content (AvgIpc) is 2.78. The monoisotopic (exact) mass is 402 g/mol. The predicted molar refractivity (Wildman–Crippen MR) is 108 cm³/mol. The van der Waals surface area contributed by atoms with E-state index in [0.717, 1.165) is 31.7 Å². The molecule has 0 saturated carbocycles. The van der Waals surface area contributed by atoms with Crippen LogP contribution in [-0.4, -0.2) is 74.4 Å². The number of amides is 1. The third-order valence-corrected chi connectivity index (χ3v) is 6.07. The summed E-state index contributed by atoms with van der Waals surface area (Å²) in [5.41, 5.74) is 0.716. The van der Waals surface area contributed by atoms with Crippen molar-refractivity contribution in [3.8, 4) is 5.75 Å². The number of ether oxygens (including phenoxy) is 2. The molecule has 7 nitrogen and oxygen atoms in total. The smallest absolute Gasteiger partial charge is 0.308 e. The van der Waals surface area contributed by atoms with E-state index in [4.69, 9.17) is 9.47 Å². The predicted octanol–water partition coefficient (Wildman–Crippen LogP) is 2.00. The van der Waals surface area contributed by atoms with Gasteiger partial charge in [-0.15, -0.1) is 0 Å². The Kier molecular flexibility index (Phi) is 7.25. The largest absolute Gasteiger partial charge is 0.497 e. The molecule has 0 aromatic heterocycles. The van der Waals surface area contributed by atoms with E-state index in [1.165, 1.54) is 7.11 Å². The van der Waals surface area contributed by atoms with Gasteiger partial charge < -0.3 is 14.4 Å². The fourth-order valence-electron chi connectivity index (χ4n) is 4.17. The van der Waals surface area contributed by atoms with Crippen LogP contribution in [0.2, 0.25) is 0 Å². The van der Waals surface area contributed by atoms with Gasteiger partial charge in [0.1, 0.15) is 5.75 Å². The number of piperidine rings is 2. The van der Waals surface area contributed by atoms with E-state index < -0.39 is 0 Å². The molecule has 1 amide bonds. The first-order valence-corrected chi connectivity index (χ1v) is 10.3. The zero-order chi connectivity index (χ0) is 20.8. The first-order valence-electron chi connectivity index (χ1n) is 10.3. The molecular weight excluding hydrogens is 372 g/mol. The highest BCUT2D eigenvalue weighted by Gasteiger charge is 2.30. The van der Waals surface area contributed by atoms with Gasteiger partial charge in [-0.2, -0.15) is 0 Å². The fourth-order valence-corrected chi connectivity index (χ4v) is 4.17. The van der Waals surface area contributed by atoms with Crippen LogP contribution in [0.15, 0.2) is 24.3 Å². The molecule has 0 N–H and O–H groups in total. The molecule has 158 valence electrons. The maximum absolute atomic E-state index is 12.7. The highest BCUT2D eigenvalue weighted by atomic mass is 16.5. The summed E-state index contributed by atoms with van der Waals surface area (Å²) in [6, 6.07) is 7.25. The Labute approximate surface area is 171 Å². The summed E-state index contributed by atoms with van der Waals surface area (Å²) in [5.74, 6) is 0.747. The van der Waals surface area contributed by atoms with Crippen molar-refractivity contribution in [2.75, 3.05) is 46.9 Å². The van der Waals surface area contributed by atoms with Crippen LogP contribution in [0.3, 0.4) is 0 Å². The molecule has 0 spiro atoms. The zero-order valence-corrected chi connectivity index (χ0v) is 17.3. The molecule has 0 unspecified atom stereocenters. The van der Waals surface area contributed by atoms with Crippen molar-refractivity contribution in [3.63, 3.8) is 0 Å². The summed E-state index contributed by atoms with van der Waals surface area (Å²) in [6.07, 6.45) is 2.86. The number of esters is 1. The number of hydrogen-bond donors (Lipinski definition) is 0. The first-order chi connectivity index (χ1) is 14.0. The number of hydrogen-bond acceptors (Lipinski definition) is 6. The Hall–Kier alpha value is -2.41. The minimum absolute atomic E-state index is 0.00514. The second kappa shape index (κ2) is 9.87. The normalized spacial score (nSPS) is 19.0. The van der Waals surface area contributed by atoms with Gasteiger partial charge in [-0.05, 0) is 63.0 Å². The molecule has 1 aromatic rings. The molecule has 0 aliphatic carbocycles. The van der Waals surface area contributed by atoms with E-state index >= 15 is 0 Å². The van der Waals surface area contributed by atoms with Crippen molar-refractivity contribution in [1.82, 2.24) is 9.80 Å². The summed E-state index contributed by atoms with van der Waals surface area (Å²) in [7, 11) is 3.01. The van der Waals surface area contributed by atoms with Gasteiger partial charge in [0, 0.05) is 24.6 Å². The number of nitrogens with zero attached hydrogens (tertiary/aromatic N) is 2. The van der Waals surface area contributed by atoms with Crippen molar-refractivity contribution in [3.05, 3.63) is 29.8 Å². The lowest BCUT2D eigenvalue weighted by Gasteiger charge is -2.35. The van der Waals surface area contributed by atoms with Gasteiger partial charge >= 0.3 is 5.97 Å². The van der Waals surface area contributed by atoms with Crippen molar-refractivity contribution in [2.45, 2.75) is 25.7 Å². The molecule has 2 fully saturated rings. The molecule has 0 bridgehead atoms. The lowest BCUT2D eigenvalue weighted by molar-refractivity contribution is -0.149. The Morgan fingerprint density at radius 3 is 2.03 bits per heavy atom. The summed E-state index contributed by atoms with van der Waals surface area (Å²) in [6.45, 7) is 3.08. The van der Waals surface area contributed by atoms with E-state index in [9.17, 15) is 14.4 Å². The lowest BCUT2D eigenvalue weighted by Crippen LogP contribution is -2.47. The number of likely N-dealkylation sites (tertiary alicyclic amines) is 2. The zero-order valence-electron chi connectivity index (χ0n) is 17.3. The number of rotatable bonds is 6. The topological polar surface area (TPSA) is 76.2 Å². The van der Waals surface area contributed by atoms with Gasteiger partial charge in [0.2, 0.25) is 5.91 Å². The molecule has 0 atom stereocenters. The summed E-state index contributed by atoms with van der Waals surface area (Å²) in [4.78, 5) is 40.9. The van der Waals surface area contributed by atoms with Crippen LogP contribution in [0.4, 0.5) is 0 Å². The minimum Gasteiger partial charge on any atom is -0.497 e. The first kappa shape index (κ1) is 21.3. The van der Waals surface area contributed by atoms with Gasteiger partial charge in [0.15, 0.2) is 5.78 Å². The van der Waals surface area contributed by atoms with Crippen LogP contribution in [0.5, 0.6) is 5.75 Å². The van der Waals surface area contributed by atoms with E-state index in [2.05, 4.69) is 4.90 Å². The summed E-state index contributed by atoms with van der Waals surface area (Å²) in [5, 5.41) is 0.